The Balaban J connectivity index is 2.70. The minimum absolute atomic E-state index is 0.0506. The number of aromatic carboxylic acids is 1. The first-order valence-corrected chi connectivity index (χ1v) is 4.76. The van der Waals surface area contributed by atoms with Crippen molar-refractivity contribution in [2.75, 3.05) is 6.61 Å². The molecule has 0 spiro atoms. The fraction of sp³-hybridized carbons (Fsp3) is 0.182. The highest BCUT2D eigenvalue weighted by molar-refractivity contribution is 5.94. The van der Waals surface area contributed by atoms with E-state index in [1.165, 1.54) is 28.8 Å². The Morgan fingerprint density at radius 2 is 2.12 bits per heavy atom. The monoisotopic (exact) mass is 223 g/mol. The van der Waals surface area contributed by atoms with Crippen LogP contribution in [-0.4, -0.2) is 27.4 Å². The van der Waals surface area contributed by atoms with Gasteiger partial charge in [-0.25, -0.2) is 9.18 Å². The maximum Gasteiger partial charge on any atom is 0.352 e. The van der Waals surface area contributed by atoms with Crippen molar-refractivity contribution in [1.82, 2.24) is 4.57 Å². The molecule has 5 heteroatoms. The molecule has 1 heterocycles. The molecule has 2 N–H and O–H groups in total. The quantitative estimate of drug-likeness (QED) is 0.828. The van der Waals surface area contributed by atoms with Gasteiger partial charge in [-0.05, 0) is 24.3 Å². The summed E-state index contributed by atoms with van der Waals surface area (Å²) in [4.78, 5) is 11.0. The molecule has 2 aromatic rings. The van der Waals surface area contributed by atoms with Gasteiger partial charge in [0.05, 0.1) is 6.61 Å². The summed E-state index contributed by atoms with van der Waals surface area (Å²) >= 11 is 0. The number of hydrogen-bond donors (Lipinski definition) is 2. The maximum absolute atomic E-state index is 13.0. The molecule has 2 rings (SSSR count). The number of halogens is 1. The molecule has 0 aliphatic heterocycles. The zero-order valence-electron chi connectivity index (χ0n) is 8.35. The van der Waals surface area contributed by atoms with Gasteiger partial charge in [0, 0.05) is 17.4 Å². The van der Waals surface area contributed by atoms with Crippen LogP contribution in [-0.2, 0) is 6.54 Å². The van der Waals surface area contributed by atoms with Crippen molar-refractivity contribution in [2.45, 2.75) is 6.54 Å². The number of carbonyl (C=O) groups is 1. The Kier molecular flexibility index (Phi) is 2.62. The number of aliphatic hydroxyl groups excluding tert-OH is 1. The summed E-state index contributed by atoms with van der Waals surface area (Å²) in [6, 6.07) is 5.45. The van der Waals surface area contributed by atoms with E-state index in [2.05, 4.69) is 0 Å². The second-order valence-electron chi connectivity index (χ2n) is 3.41. The second-order valence-corrected chi connectivity index (χ2v) is 3.41. The third-order valence-corrected chi connectivity index (χ3v) is 2.41. The highest BCUT2D eigenvalue weighted by Gasteiger charge is 2.14. The van der Waals surface area contributed by atoms with Crippen LogP contribution in [0.2, 0.25) is 0 Å². The number of fused-ring (bicyclic) bond motifs is 1. The Morgan fingerprint density at radius 3 is 2.75 bits per heavy atom. The van der Waals surface area contributed by atoms with Crippen LogP contribution in [0.15, 0.2) is 24.3 Å². The van der Waals surface area contributed by atoms with Gasteiger partial charge in [0.1, 0.15) is 11.5 Å². The summed E-state index contributed by atoms with van der Waals surface area (Å²) in [5.74, 6) is -1.50. The van der Waals surface area contributed by atoms with Gasteiger partial charge in [-0.1, -0.05) is 0 Å². The van der Waals surface area contributed by atoms with Crippen molar-refractivity contribution in [3.05, 3.63) is 35.8 Å². The van der Waals surface area contributed by atoms with Crippen molar-refractivity contribution < 1.29 is 19.4 Å². The van der Waals surface area contributed by atoms with E-state index in [9.17, 15) is 9.18 Å². The van der Waals surface area contributed by atoms with E-state index in [0.29, 0.717) is 10.9 Å². The average Bonchev–Trinajstić information content (AvgIpc) is 2.57. The van der Waals surface area contributed by atoms with Crippen molar-refractivity contribution in [3.63, 3.8) is 0 Å². The van der Waals surface area contributed by atoms with Crippen LogP contribution < -0.4 is 0 Å². The Bertz CT molecular complexity index is 547. The minimum atomic E-state index is -1.09. The van der Waals surface area contributed by atoms with E-state index in [1.54, 1.807) is 0 Å². The Hall–Kier alpha value is -1.88. The first-order chi connectivity index (χ1) is 7.63. The summed E-state index contributed by atoms with van der Waals surface area (Å²) in [6.07, 6.45) is 0. The lowest BCUT2D eigenvalue weighted by Crippen LogP contribution is -2.10. The number of carboxylic acid groups (broad SMARTS) is 1. The summed E-state index contributed by atoms with van der Waals surface area (Å²) in [5.41, 5.74) is 0.655. The summed E-state index contributed by atoms with van der Waals surface area (Å²) in [7, 11) is 0. The SMILES string of the molecule is O=C(O)c1cc2cc(F)ccc2n1CCO. The predicted molar refractivity (Wildman–Crippen MR) is 55.9 cm³/mol. The van der Waals surface area contributed by atoms with Crippen molar-refractivity contribution in [1.29, 1.82) is 0 Å². The van der Waals surface area contributed by atoms with Gasteiger partial charge in [0.25, 0.3) is 0 Å². The molecule has 0 atom stereocenters. The molecular weight excluding hydrogens is 213 g/mol. The normalized spacial score (nSPS) is 10.9. The standard InChI is InChI=1S/C11H10FNO3/c12-8-1-2-9-7(5-8)6-10(11(15)16)13(9)3-4-14/h1-2,5-6,14H,3-4H2,(H,15,16). The van der Waals surface area contributed by atoms with Gasteiger partial charge in [-0.3, -0.25) is 0 Å². The van der Waals surface area contributed by atoms with E-state index in [4.69, 9.17) is 10.2 Å². The Morgan fingerprint density at radius 1 is 1.38 bits per heavy atom. The third kappa shape index (κ3) is 1.65. The second kappa shape index (κ2) is 3.94. The first kappa shape index (κ1) is 10.6. The zero-order chi connectivity index (χ0) is 11.7. The van der Waals surface area contributed by atoms with Gasteiger partial charge >= 0.3 is 5.97 Å². The largest absolute Gasteiger partial charge is 0.477 e. The fourth-order valence-electron chi connectivity index (χ4n) is 1.76. The Labute approximate surface area is 90.5 Å². The van der Waals surface area contributed by atoms with Crippen LogP contribution >= 0.6 is 0 Å². The van der Waals surface area contributed by atoms with Crippen LogP contribution in [0, 0.1) is 5.82 Å². The van der Waals surface area contributed by atoms with E-state index in [0.717, 1.165) is 0 Å². The number of carboxylic acids is 1. The lowest BCUT2D eigenvalue weighted by Gasteiger charge is -2.05. The fourth-order valence-corrected chi connectivity index (χ4v) is 1.76. The van der Waals surface area contributed by atoms with Crippen LogP contribution in [0.25, 0.3) is 10.9 Å². The first-order valence-electron chi connectivity index (χ1n) is 4.76. The summed E-state index contributed by atoms with van der Waals surface area (Å²) in [6.45, 7) is 0.0121. The molecule has 0 unspecified atom stereocenters. The molecule has 1 aromatic heterocycles. The average molecular weight is 223 g/mol. The molecule has 0 bridgehead atoms. The molecule has 0 aliphatic carbocycles. The smallest absolute Gasteiger partial charge is 0.352 e. The molecule has 0 fully saturated rings. The van der Waals surface area contributed by atoms with E-state index in [-0.39, 0.29) is 18.8 Å². The lowest BCUT2D eigenvalue weighted by atomic mass is 10.2. The number of hydrogen-bond acceptors (Lipinski definition) is 2. The van der Waals surface area contributed by atoms with E-state index in [1.807, 2.05) is 0 Å². The molecule has 0 amide bonds. The van der Waals surface area contributed by atoms with E-state index < -0.39 is 11.8 Å². The van der Waals surface area contributed by atoms with Gasteiger partial charge in [0.15, 0.2) is 0 Å². The van der Waals surface area contributed by atoms with Gasteiger partial charge < -0.3 is 14.8 Å². The number of nitrogens with zero attached hydrogens (tertiary/aromatic N) is 1. The molecular formula is C11H10FNO3. The van der Waals surface area contributed by atoms with E-state index >= 15 is 0 Å². The molecule has 84 valence electrons. The van der Waals surface area contributed by atoms with Gasteiger partial charge in [0.2, 0.25) is 0 Å². The molecule has 16 heavy (non-hydrogen) atoms. The summed E-state index contributed by atoms with van der Waals surface area (Å²) in [5, 5.41) is 18.4. The van der Waals surface area contributed by atoms with Crippen LogP contribution in [0.5, 0.6) is 0 Å². The maximum atomic E-state index is 13.0. The van der Waals surface area contributed by atoms with Crippen LogP contribution in [0.3, 0.4) is 0 Å². The number of rotatable bonds is 3. The lowest BCUT2D eigenvalue weighted by molar-refractivity contribution is 0.0684. The topological polar surface area (TPSA) is 62.5 Å². The zero-order valence-corrected chi connectivity index (χ0v) is 8.35. The van der Waals surface area contributed by atoms with Crippen LogP contribution in [0.4, 0.5) is 4.39 Å². The van der Waals surface area contributed by atoms with Crippen LogP contribution in [0.1, 0.15) is 10.5 Å². The number of aromatic nitrogens is 1. The van der Waals surface area contributed by atoms with Gasteiger partial charge in [-0.2, -0.15) is 0 Å². The number of benzene rings is 1. The highest BCUT2D eigenvalue weighted by Crippen LogP contribution is 2.21. The van der Waals surface area contributed by atoms with Crippen molar-refractivity contribution >= 4 is 16.9 Å². The van der Waals surface area contributed by atoms with Crippen molar-refractivity contribution in [2.24, 2.45) is 0 Å². The minimum Gasteiger partial charge on any atom is -0.477 e. The van der Waals surface area contributed by atoms with Crippen molar-refractivity contribution in [3.8, 4) is 0 Å². The molecule has 1 aromatic carbocycles. The molecule has 0 radical (unpaired) electrons. The molecule has 4 nitrogen and oxygen atoms in total. The third-order valence-electron chi connectivity index (χ3n) is 2.41. The molecule has 0 saturated carbocycles. The molecule has 0 saturated heterocycles. The highest BCUT2D eigenvalue weighted by atomic mass is 19.1. The predicted octanol–water partition coefficient (Wildman–Crippen LogP) is 1.47. The summed E-state index contributed by atoms with van der Waals surface area (Å²) < 4.78 is 14.4. The van der Waals surface area contributed by atoms with Gasteiger partial charge in [-0.15, -0.1) is 0 Å². The molecule has 0 aliphatic rings. The number of aliphatic hydroxyl groups is 1.